The third-order valence-electron chi connectivity index (χ3n) is 3.75. The maximum atomic E-state index is 6.24. The van der Waals surface area contributed by atoms with E-state index >= 15 is 0 Å². The summed E-state index contributed by atoms with van der Waals surface area (Å²) in [5.74, 6) is 0. The molecule has 0 bridgehead atoms. The zero-order chi connectivity index (χ0) is 13.8. The summed E-state index contributed by atoms with van der Waals surface area (Å²) in [5, 5.41) is 0.795. The van der Waals surface area contributed by atoms with E-state index in [9.17, 15) is 0 Å². The lowest BCUT2D eigenvalue weighted by Gasteiger charge is -2.36. The lowest BCUT2D eigenvalue weighted by atomic mass is 10.2. The summed E-state index contributed by atoms with van der Waals surface area (Å²) in [6.07, 6.45) is 0. The Morgan fingerprint density at radius 1 is 1.00 bits per heavy atom. The van der Waals surface area contributed by atoms with Crippen molar-refractivity contribution in [2.45, 2.75) is 6.54 Å². The molecule has 2 nitrogen and oxygen atoms in total. The van der Waals surface area contributed by atoms with Gasteiger partial charge in [0.1, 0.15) is 0 Å². The molecule has 0 amide bonds. The molecule has 103 valence electrons. The average Bonchev–Trinajstić information content (AvgIpc) is 2.50. The van der Waals surface area contributed by atoms with Crippen LogP contribution in [0.2, 0.25) is 5.02 Å². The summed E-state index contributed by atoms with van der Waals surface area (Å²) in [5.41, 5.74) is 2.51. The third kappa shape index (κ3) is 3.14. The Kier molecular flexibility index (Phi) is 4.24. The number of hydrogen-bond donors (Lipinski definition) is 0. The molecule has 3 rings (SSSR count). The van der Waals surface area contributed by atoms with E-state index < -0.39 is 0 Å². The van der Waals surface area contributed by atoms with Gasteiger partial charge in [-0.15, -0.1) is 0 Å². The Labute approximate surface area is 125 Å². The fourth-order valence-electron chi connectivity index (χ4n) is 2.65. The van der Waals surface area contributed by atoms with Gasteiger partial charge >= 0.3 is 0 Å². The van der Waals surface area contributed by atoms with Crippen molar-refractivity contribution in [2.75, 3.05) is 31.1 Å². The summed E-state index contributed by atoms with van der Waals surface area (Å²) < 4.78 is 0. The molecule has 0 saturated carbocycles. The van der Waals surface area contributed by atoms with Gasteiger partial charge < -0.3 is 4.90 Å². The van der Waals surface area contributed by atoms with E-state index in [0.717, 1.165) is 43.4 Å². The van der Waals surface area contributed by atoms with Gasteiger partial charge in [-0.2, -0.15) is 0 Å². The van der Waals surface area contributed by atoms with Crippen molar-refractivity contribution in [1.82, 2.24) is 4.90 Å². The van der Waals surface area contributed by atoms with Crippen LogP contribution in [0.5, 0.6) is 0 Å². The third-order valence-corrected chi connectivity index (χ3v) is 4.06. The van der Waals surface area contributed by atoms with Crippen LogP contribution in [0.4, 0.5) is 5.69 Å². The van der Waals surface area contributed by atoms with Gasteiger partial charge in [0.25, 0.3) is 0 Å². The summed E-state index contributed by atoms with van der Waals surface area (Å²) in [7, 11) is 0. The van der Waals surface area contributed by atoms with Gasteiger partial charge in [0.2, 0.25) is 0 Å². The molecule has 0 atom stereocenters. The average molecular weight is 286 g/mol. The van der Waals surface area contributed by atoms with Gasteiger partial charge in [0.05, 0.1) is 10.7 Å². The van der Waals surface area contributed by atoms with Gasteiger partial charge in [-0.1, -0.05) is 48.0 Å². The predicted molar refractivity (Wildman–Crippen MR) is 84.2 cm³/mol. The number of piperazine rings is 1. The molecule has 0 aliphatic carbocycles. The highest BCUT2D eigenvalue weighted by Crippen LogP contribution is 2.26. The van der Waals surface area contributed by atoms with E-state index in [1.165, 1.54) is 5.56 Å². The van der Waals surface area contributed by atoms with Crippen LogP contribution in [-0.4, -0.2) is 31.1 Å². The maximum absolute atomic E-state index is 6.24. The molecule has 1 aliphatic heterocycles. The smallest absolute Gasteiger partial charge is 0.0645 e. The van der Waals surface area contributed by atoms with E-state index in [4.69, 9.17) is 11.6 Å². The van der Waals surface area contributed by atoms with E-state index in [1.54, 1.807) is 0 Å². The molecule has 1 heterocycles. The van der Waals surface area contributed by atoms with Crippen LogP contribution in [0.1, 0.15) is 5.56 Å². The lowest BCUT2D eigenvalue weighted by Crippen LogP contribution is -2.46. The summed E-state index contributed by atoms with van der Waals surface area (Å²) in [4.78, 5) is 4.85. The van der Waals surface area contributed by atoms with Crippen molar-refractivity contribution in [3.63, 3.8) is 0 Å². The number of anilines is 1. The second kappa shape index (κ2) is 6.29. The molecular formula is C17H18ClN2. The second-order valence-electron chi connectivity index (χ2n) is 5.13. The zero-order valence-electron chi connectivity index (χ0n) is 11.4. The van der Waals surface area contributed by atoms with Gasteiger partial charge in [0, 0.05) is 32.7 Å². The van der Waals surface area contributed by atoms with Gasteiger partial charge in [-0.05, 0) is 23.8 Å². The minimum Gasteiger partial charge on any atom is -0.368 e. The van der Waals surface area contributed by atoms with E-state index in [0.29, 0.717) is 0 Å². The first kappa shape index (κ1) is 13.5. The van der Waals surface area contributed by atoms with Crippen LogP contribution in [0.15, 0.2) is 48.5 Å². The van der Waals surface area contributed by atoms with E-state index in [1.807, 2.05) is 12.1 Å². The minimum atomic E-state index is 0.795. The highest BCUT2D eigenvalue weighted by Gasteiger charge is 2.18. The van der Waals surface area contributed by atoms with Crippen LogP contribution < -0.4 is 4.90 Å². The summed E-state index contributed by atoms with van der Waals surface area (Å²) >= 11 is 6.24. The van der Waals surface area contributed by atoms with Crippen LogP contribution in [0.3, 0.4) is 0 Å². The largest absolute Gasteiger partial charge is 0.368 e. The quantitative estimate of drug-likeness (QED) is 0.852. The van der Waals surface area contributed by atoms with Crippen LogP contribution in [-0.2, 0) is 6.54 Å². The highest BCUT2D eigenvalue weighted by molar-refractivity contribution is 6.33. The topological polar surface area (TPSA) is 6.48 Å². The maximum Gasteiger partial charge on any atom is 0.0645 e. The molecule has 0 aromatic heterocycles. The molecular weight excluding hydrogens is 268 g/mol. The van der Waals surface area contributed by atoms with E-state index in [-0.39, 0.29) is 0 Å². The van der Waals surface area contributed by atoms with Gasteiger partial charge in [-0.3, -0.25) is 4.90 Å². The number of hydrogen-bond acceptors (Lipinski definition) is 2. The Morgan fingerprint density at radius 3 is 2.45 bits per heavy atom. The normalized spacial score (nSPS) is 16.4. The summed E-state index contributed by atoms with van der Waals surface area (Å²) in [6.45, 7) is 5.23. The zero-order valence-corrected chi connectivity index (χ0v) is 12.2. The van der Waals surface area contributed by atoms with Crippen molar-refractivity contribution < 1.29 is 0 Å². The molecule has 20 heavy (non-hydrogen) atoms. The number of nitrogens with zero attached hydrogens (tertiary/aromatic N) is 2. The van der Waals surface area contributed by atoms with Crippen molar-refractivity contribution >= 4 is 17.3 Å². The molecule has 1 saturated heterocycles. The number of rotatable bonds is 3. The Bertz CT molecular complexity index is 548. The number of halogens is 1. The van der Waals surface area contributed by atoms with Crippen molar-refractivity contribution in [1.29, 1.82) is 0 Å². The Balaban J connectivity index is 1.59. The monoisotopic (exact) mass is 285 g/mol. The second-order valence-corrected chi connectivity index (χ2v) is 5.53. The van der Waals surface area contributed by atoms with Gasteiger partial charge in [-0.25, -0.2) is 0 Å². The fraction of sp³-hybridized carbons (Fsp3) is 0.294. The molecule has 0 spiro atoms. The van der Waals surface area contributed by atoms with Crippen LogP contribution >= 0.6 is 11.6 Å². The van der Waals surface area contributed by atoms with Crippen LogP contribution in [0, 0.1) is 6.07 Å². The first-order chi connectivity index (χ1) is 9.83. The molecule has 0 N–H and O–H groups in total. The Hall–Kier alpha value is -1.51. The molecule has 3 heteroatoms. The first-order valence-corrected chi connectivity index (χ1v) is 7.37. The van der Waals surface area contributed by atoms with Crippen molar-refractivity contribution in [3.8, 4) is 0 Å². The predicted octanol–water partition coefficient (Wildman–Crippen LogP) is 3.46. The summed E-state index contributed by atoms with van der Waals surface area (Å²) in [6, 6.07) is 19.5. The van der Waals surface area contributed by atoms with Crippen molar-refractivity contribution in [3.05, 3.63) is 65.2 Å². The lowest BCUT2D eigenvalue weighted by molar-refractivity contribution is 0.250. The highest BCUT2D eigenvalue weighted by atomic mass is 35.5. The standard InChI is InChI=1S/C17H18ClN2/c18-16-8-4-5-9-17(16)20-12-10-19(11-13-20)14-15-6-2-1-3-7-15/h1-3,5-9H,10-14H2. The van der Waals surface area contributed by atoms with E-state index in [2.05, 4.69) is 52.3 Å². The molecule has 2 aromatic rings. The Morgan fingerprint density at radius 2 is 1.75 bits per heavy atom. The molecule has 2 aromatic carbocycles. The number of benzene rings is 2. The minimum absolute atomic E-state index is 0.795. The molecule has 1 fully saturated rings. The van der Waals surface area contributed by atoms with Crippen LogP contribution in [0.25, 0.3) is 0 Å². The SMILES string of the molecule is Clc1c[c]ccc1N1CCN(Cc2ccccc2)CC1. The van der Waals surface area contributed by atoms with Crippen molar-refractivity contribution in [2.24, 2.45) is 0 Å². The van der Waals surface area contributed by atoms with Gasteiger partial charge in [0.15, 0.2) is 0 Å². The molecule has 1 radical (unpaired) electrons. The molecule has 1 aliphatic rings. The fourth-order valence-corrected chi connectivity index (χ4v) is 2.89. The molecule has 0 unspecified atom stereocenters. The first-order valence-electron chi connectivity index (χ1n) is 7.00.